The predicted molar refractivity (Wildman–Crippen MR) is 97.6 cm³/mol. The second-order valence-corrected chi connectivity index (χ2v) is 7.29. The number of nitrogens with one attached hydrogen (secondary N) is 1. The van der Waals surface area contributed by atoms with E-state index in [1.54, 1.807) is 12.5 Å². The van der Waals surface area contributed by atoms with E-state index in [0.717, 1.165) is 44.5 Å². The Labute approximate surface area is 153 Å². The maximum atomic E-state index is 12.8. The molecule has 3 heterocycles. The van der Waals surface area contributed by atoms with E-state index in [-0.39, 0.29) is 18.1 Å². The van der Waals surface area contributed by atoms with Crippen LogP contribution in [0.15, 0.2) is 37.1 Å². The zero-order chi connectivity index (χ0) is 17.8. The van der Waals surface area contributed by atoms with Crippen molar-refractivity contribution in [2.45, 2.75) is 56.5 Å². The average molecular weight is 354 g/mol. The van der Waals surface area contributed by atoms with Gasteiger partial charge in [-0.1, -0.05) is 12.8 Å². The molecule has 7 heteroatoms. The van der Waals surface area contributed by atoms with Crippen molar-refractivity contribution < 1.29 is 4.79 Å². The molecule has 1 aliphatic carbocycles. The van der Waals surface area contributed by atoms with Crippen LogP contribution in [0.3, 0.4) is 0 Å². The van der Waals surface area contributed by atoms with Gasteiger partial charge >= 0.3 is 6.03 Å². The molecule has 2 aromatic heterocycles. The van der Waals surface area contributed by atoms with Gasteiger partial charge in [0.25, 0.3) is 0 Å². The van der Waals surface area contributed by atoms with Gasteiger partial charge in [-0.25, -0.2) is 14.8 Å². The Kier molecular flexibility index (Phi) is 5.13. The number of aromatic nitrogens is 4. The third kappa shape index (κ3) is 3.71. The summed E-state index contributed by atoms with van der Waals surface area (Å²) in [4.78, 5) is 23.1. The Morgan fingerprint density at radius 3 is 2.69 bits per heavy atom. The number of urea groups is 1. The quantitative estimate of drug-likeness (QED) is 0.919. The fraction of sp³-hybridized carbons (Fsp3) is 0.579. The van der Waals surface area contributed by atoms with Crippen LogP contribution in [0.25, 0.3) is 0 Å². The highest BCUT2D eigenvalue weighted by Gasteiger charge is 2.31. The molecule has 2 aromatic rings. The van der Waals surface area contributed by atoms with Crippen LogP contribution >= 0.6 is 0 Å². The number of likely N-dealkylation sites (tertiary alicyclic amines) is 1. The molecule has 4 rings (SSSR count). The SMILES string of the molecule is O=C(N[C@H]1CCCC[C@@H]1n1cccn1)N1CCC(c2ccncn2)CC1. The molecule has 0 unspecified atom stereocenters. The third-order valence-electron chi connectivity index (χ3n) is 5.71. The predicted octanol–water partition coefficient (Wildman–Crippen LogP) is 2.75. The molecule has 2 atom stereocenters. The van der Waals surface area contributed by atoms with Crippen molar-refractivity contribution >= 4 is 6.03 Å². The van der Waals surface area contributed by atoms with Crippen LogP contribution in [0.4, 0.5) is 4.79 Å². The molecular formula is C19H26N6O. The van der Waals surface area contributed by atoms with Crippen molar-refractivity contribution in [1.29, 1.82) is 0 Å². The van der Waals surface area contributed by atoms with E-state index in [0.29, 0.717) is 5.92 Å². The second kappa shape index (κ2) is 7.85. The molecule has 0 bridgehead atoms. The van der Waals surface area contributed by atoms with Crippen molar-refractivity contribution in [2.24, 2.45) is 0 Å². The summed E-state index contributed by atoms with van der Waals surface area (Å²) < 4.78 is 2.01. The summed E-state index contributed by atoms with van der Waals surface area (Å²) in [5, 5.41) is 7.68. The van der Waals surface area contributed by atoms with Crippen molar-refractivity contribution in [1.82, 2.24) is 30.0 Å². The number of carbonyl (C=O) groups is 1. The van der Waals surface area contributed by atoms with E-state index in [2.05, 4.69) is 20.4 Å². The Bertz CT molecular complexity index is 696. The van der Waals surface area contributed by atoms with E-state index in [4.69, 9.17) is 0 Å². The second-order valence-electron chi connectivity index (χ2n) is 7.29. The molecule has 1 saturated heterocycles. The van der Waals surface area contributed by atoms with Gasteiger partial charge in [0, 0.05) is 43.3 Å². The highest BCUT2D eigenvalue weighted by molar-refractivity contribution is 5.74. The van der Waals surface area contributed by atoms with E-state index < -0.39 is 0 Å². The maximum absolute atomic E-state index is 12.8. The van der Waals surface area contributed by atoms with Gasteiger partial charge in [-0.2, -0.15) is 5.10 Å². The van der Waals surface area contributed by atoms with Crippen LogP contribution in [0, 0.1) is 0 Å². The molecule has 0 aromatic carbocycles. The van der Waals surface area contributed by atoms with Gasteiger partial charge in [0.05, 0.1) is 12.1 Å². The first kappa shape index (κ1) is 17.0. The average Bonchev–Trinajstić information content (AvgIpc) is 3.24. The normalized spacial score (nSPS) is 24.4. The Hall–Kier alpha value is -2.44. The minimum atomic E-state index is 0.0650. The smallest absolute Gasteiger partial charge is 0.317 e. The van der Waals surface area contributed by atoms with Crippen LogP contribution in [-0.4, -0.2) is 49.8 Å². The first-order valence-electron chi connectivity index (χ1n) is 9.62. The molecule has 1 N–H and O–H groups in total. The summed E-state index contributed by atoms with van der Waals surface area (Å²) in [5.41, 5.74) is 1.09. The van der Waals surface area contributed by atoms with Gasteiger partial charge in [-0.15, -0.1) is 0 Å². The minimum absolute atomic E-state index is 0.0650. The molecule has 7 nitrogen and oxygen atoms in total. The molecule has 26 heavy (non-hydrogen) atoms. The Morgan fingerprint density at radius 1 is 1.12 bits per heavy atom. The summed E-state index contributed by atoms with van der Waals surface area (Å²) in [7, 11) is 0. The molecule has 138 valence electrons. The van der Waals surface area contributed by atoms with Gasteiger partial charge in [-0.3, -0.25) is 4.68 Å². The van der Waals surface area contributed by atoms with Gasteiger partial charge in [0.2, 0.25) is 0 Å². The van der Waals surface area contributed by atoms with Crippen molar-refractivity contribution in [3.63, 3.8) is 0 Å². The van der Waals surface area contributed by atoms with Crippen LogP contribution in [0.1, 0.15) is 56.2 Å². The first-order chi connectivity index (χ1) is 12.8. The lowest BCUT2D eigenvalue weighted by atomic mass is 9.90. The molecule has 0 spiro atoms. The number of hydrogen-bond acceptors (Lipinski definition) is 4. The van der Waals surface area contributed by atoms with Gasteiger partial charge in [-0.05, 0) is 37.8 Å². The van der Waals surface area contributed by atoms with Crippen LogP contribution in [0.5, 0.6) is 0 Å². The van der Waals surface area contributed by atoms with Crippen LogP contribution in [-0.2, 0) is 0 Å². The maximum Gasteiger partial charge on any atom is 0.317 e. The highest BCUT2D eigenvalue weighted by atomic mass is 16.2. The third-order valence-corrected chi connectivity index (χ3v) is 5.71. The van der Waals surface area contributed by atoms with Gasteiger partial charge in [0.1, 0.15) is 6.33 Å². The van der Waals surface area contributed by atoms with Crippen molar-refractivity contribution in [2.75, 3.05) is 13.1 Å². The summed E-state index contributed by atoms with van der Waals surface area (Å²) in [6.07, 6.45) is 13.6. The molecule has 2 amide bonds. The molecule has 2 aliphatic rings. The summed E-state index contributed by atoms with van der Waals surface area (Å²) in [5.74, 6) is 0.425. The number of rotatable bonds is 3. The molecule has 0 radical (unpaired) electrons. The number of nitrogens with zero attached hydrogens (tertiary/aromatic N) is 5. The monoisotopic (exact) mass is 354 g/mol. The van der Waals surface area contributed by atoms with Gasteiger partial charge < -0.3 is 10.2 Å². The number of carbonyl (C=O) groups excluding carboxylic acids is 1. The zero-order valence-corrected chi connectivity index (χ0v) is 15.0. The number of piperidine rings is 1. The molecular weight excluding hydrogens is 328 g/mol. The van der Waals surface area contributed by atoms with Crippen molar-refractivity contribution in [3.8, 4) is 0 Å². The lowest BCUT2D eigenvalue weighted by Crippen LogP contribution is -2.50. The van der Waals surface area contributed by atoms with E-state index >= 15 is 0 Å². The summed E-state index contributed by atoms with van der Waals surface area (Å²) >= 11 is 0. The lowest BCUT2D eigenvalue weighted by molar-refractivity contribution is 0.164. The standard InChI is InChI=1S/C19H26N6O/c26-19(23-17-4-1-2-5-18(17)25-11-3-9-22-25)24-12-7-15(8-13-24)16-6-10-20-14-21-16/h3,6,9-11,14-15,17-18H,1-2,4-5,7-8,12-13H2,(H,23,26)/t17-,18-/m0/s1. The number of amides is 2. The van der Waals surface area contributed by atoms with Crippen LogP contribution in [0.2, 0.25) is 0 Å². The molecule has 2 fully saturated rings. The highest BCUT2D eigenvalue weighted by Crippen LogP contribution is 2.29. The fourth-order valence-corrected chi connectivity index (χ4v) is 4.24. The largest absolute Gasteiger partial charge is 0.333 e. The van der Waals surface area contributed by atoms with E-state index in [1.807, 2.05) is 34.1 Å². The van der Waals surface area contributed by atoms with E-state index in [9.17, 15) is 4.79 Å². The lowest BCUT2D eigenvalue weighted by Gasteiger charge is -2.36. The Morgan fingerprint density at radius 2 is 1.96 bits per heavy atom. The Balaban J connectivity index is 1.33. The van der Waals surface area contributed by atoms with Gasteiger partial charge in [0.15, 0.2) is 0 Å². The molecule has 1 aliphatic heterocycles. The zero-order valence-electron chi connectivity index (χ0n) is 15.0. The summed E-state index contributed by atoms with van der Waals surface area (Å²) in [6, 6.07) is 4.43. The van der Waals surface area contributed by atoms with Crippen molar-refractivity contribution in [3.05, 3.63) is 42.7 Å². The number of hydrogen-bond donors (Lipinski definition) is 1. The fourth-order valence-electron chi connectivity index (χ4n) is 4.24. The topological polar surface area (TPSA) is 75.9 Å². The molecule has 1 saturated carbocycles. The van der Waals surface area contributed by atoms with E-state index in [1.165, 1.54) is 12.8 Å². The minimum Gasteiger partial charge on any atom is -0.333 e. The first-order valence-corrected chi connectivity index (χ1v) is 9.62. The van der Waals surface area contributed by atoms with Crippen LogP contribution < -0.4 is 5.32 Å². The summed E-state index contributed by atoms with van der Waals surface area (Å²) in [6.45, 7) is 1.55.